The highest BCUT2D eigenvalue weighted by Crippen LogP contribution is 2.31. The van der Waals surface area contributed by atoms with Crippen LogP contribution in [0.2, 0.25) is 0 Å². The van der Waals surface area contributed by atoms with Crippen LogP contribution in [0.25, 0.3) is 0 Å². The molecule has 2 aromatic carbocycles. The Morgan fingerprint density at radius 2 is 2.00 bits per heavy atom. The van der Waals surface area contributed by atoms with E-state index >= 15 is 0 Å². The molecular weight excluding hydrogens is 387 g/mol. The monoisotopic (exact) mass is 404 g/mol. The number of benzene rings is 2. The summed E-state index contributed by atoms with van der Waals surface area (Å²) in [6, 6.07) is 10.3. The number of sulfonamides is 1. The molecule has 3 aromatic rings. The third-order valence-electron chi connectivity index (χ3n) is 4.34. The fourth-order valence-corrected chi connectivity index (χ4v) is 5.09. The van der Waals surface area contributed by atoms with Crippen LogP contribution in [0.5, 0.6) is 5.75 Å². The summed E-state index contributed by atoms with van der Waals surface area (Å²) in [6.07, 6.45) is 0.681. The van der Waals surface area contributed by atoms with Crippen molar-refractivity contribution in [3.63, 3.8) is 0 Å². The fraction of sp³-hybridized carbons (Fsp3) is 0.211. The van der Waals surface area contributed by atoms with Gasteiger partial charge in [-0.05, 0) is 55.0 Å². The third kappa shape index (κ3) is 3.54. The van der Waals surface area contributed by atoms with Gasteiger partial charge in [0.1, 0.15) is 11.6 Å². The summed E-state index contributed by atoms with van der Waals surface area (Å²) in [7, 11) is -3.86. The van der Waals surface area contributed by atoms with Gasteiger partial charge in [-0.1, -0.05) is 0 Å². The summed E-state index contributed by atoms with van der Waals surface area (Å²) < 4.78 is 46.9. The average molecular weight is 404 g/mol. The minimum Gasteiger partial charge on any atom is -0.493 e. The molecule has 27 heavy (non-hydrogen) atoms. The quantitative estimate of drug-likeness (QED) is 0.647. The minimum absolute atomic E-state index is 0.0753. The van der Waals surface area contributed by atoms with Gasteiger partial charge in [0.05, 0.1) is 34.4 Å². The molecule has 5 nitrogen and oxygen atoms in total. The number of halogens is 1. The van der Waals surface area contributed by atoms with Crippen molar-refractivity contribution in [1.29, 1.82) is 0 Å². The van der Waals surface area contributed by atoms with Crippen LogP contribution in [-0.2, 0) is 23.0 Å². The maximum absolute atomic E-state index is 13.4. The Morgan fingerprint density at radius 1 is 1.22 bits per heavy atom. The predicted molar refractivity (Wildman–Crippen MR) is 102 cm³/mol. The van der Waals surface area contributed by atoms with E-state index in [-0.39, 0.29) is 11.4 Å². The molecule has 0 fully saturated rings. The van der Waals surface area contributed by atoms with Crippen molar-refractivity contribution in [1.82, 2.24) is 4.98 Å². The van der Waals surface area contributed by atoms with Gasteiger partial charge in [-0.15, -0.1) is 11.3 Å². The summed E-state index contributed by atoms with van der Waals surface area (Å²) in [5, 5.41) is 2.69. The van der Waals surface area contributed by atoms with E-state index in [1.807, 2.05) is 12.3 Å². The van der Waals surface area contributed by atoms with E-state index in [1.54, 1.807) is 18.2 Å². The van der Waals surface area contributed by atoms with Crippen molar-refractivity contribution >= 4 is 27.0 Å². The lowest BCUT2D eigenvalue weighted by Gasteiger charge is -2.24. The molecule has 0 radical (unpaired) electrons. The summed E-state index contributed by atoms with van der Waals surface area (Å²) in [5.74, 6) is 0.299. The van der Waals surface area contributed by atoms with Crippen molar-refractivity contribution < 1.29 is 17.5 Å². The van der Waals surface area contributed by atoms with E-state index in [0.717, 1.165) is 16.3 Å². The molecule has 2 heterocycles. The average Bonchev–Trinajstić information content (AvgIpc) is 3.28. The molecular formula is C19H17FN2O3S2. The molecule has 8 heteroatoms. The number of hydrogen-bond donors (Lipinski definition) is 0. The SMILES string of the molecule is Cc1nc(CN(c2ccc(F)cc2)S(=O)(=O)c2ccc3c(c2)CCO3)cs1. The zero-order valence-corrected chi connectivity index (χ0v) is 16.2. The van der Waals surface area contributed by atoms with Crippen LogP contribution in [-0.4, -0.2) is 20.0 Å². The number of fused-ring (bicyclic) bond motifs is 1. The molecule has 0 N–H and O–H groups in total. The third-order valence-corrected chi connectivity index (χ3v) is 6.93. The fourth-order valence-electron chi connectivity index (χ4n) is 3.00. The molecule has 0 unspecified atom stereocenters. The van der Waals surface area contributed by atoms with Crippen molar-refractivity contribution in [2.45, 2.75) is 24.8 Å². The second-order valence-corrected chi connectivity index (χ2v) is 9.14. The van der Waals surface area contributed by atoms with Gasteiger partial charge in [0, 0.05) is 11.8 Å². The molecule has 0 spiro atoms. The van der Waals surface area contributed by atoms with Crippen LogP contribution < -0.4 is 9.04 Å². The maximum atomic E-state index is 13.4. The normalized spacial score (nSPS) is 13.3. The number of rotatable bonds is 5. The number of anilines is 1. The first-order chi connectivity index (χ1) is 12.9. The minimum atomic E-state index is -3.86. The van der Waals surface area contributed by atoms with Crippen LogP contribution >= 0.6 is 11.3 Å². The number of thiazole rings is 1. The number of aromatic nitrogens is 1. The van der Waals surface area contributed by atoms with Gasteiger partial charge in [-0.3, -0.25) is 4.31 Å². The van der Waals surface area contributed by atoms with Crippen molar-refractivity contribution in [3.8, 4) is 5.75 Å². The van der Waals surface area contributed by atoms with E-state index in [4.69, 9.17) is 4.74 Å². The summed E-state index contributed by atoms with van der Waals surface area (Å²) >= 11 is 1.46. The van der Waals surface area contributed by atoms with Gasteiger partial charge in [0.25, 0.3) is 10.0 Å². The Balaban J connectivity index is 1.77. The molecule has 0 aliphatic carbocycles. The van der Waals surface area contributed by atoms with Gasteiger partial charge >= 0.3 is 0 Å². The Morgan fingerprint density at radius 3 is 2.70 bits per heavy atom. The van der Waals surface area contributed by atoms with Gasteiger partial charge in [0.15, 0.2) is 0 Å². The summed E-state index contributed by atoms with van der Waals surface area (Å²) in [4.78, 5) is 4.56. The molecule has 1 aliphatic heterocycles. The lowest BCUT2D eigenvalue weighted by molar-refractivity contribution is 0.356. The molecule has 0 atom stereocenters. The Labute approximate surface area is 161 Å². The summed E-state index contributed by atoms with van der Waals surface area (Å²) in [6.45, 7) is 2.50. The summed E-state index contributed by atoms with van der Waals surface area (Å²) in [5.41, 5.74) is 1.91. The van der Waals surface area contributed by atoms with E-state index in [1.165, 1.54) is 39.9 Å². The number of aryl methyl sites for hydroxylation is 1. The van der Waals surface area contributed by atoms with Gasteiger partial charge in [-0.2, -0.15) is 0 Å². The first-order valence-corrected chi connectivity index (χ1v) is 10.7. The molecule has 0 saturated carbocycles. The first-order valence-electron chi connectivity index (χ1n) is 8.38. The maximum Gasteiger partial charge on any atom is 0.264 e. The second-order valence-electron chi connectivity index (χ2n) is 6.21. The van der Waals surface area contributed by atoms with Crippen LogP contribution in [0.4, 0.5) is 10.1 Å². The number of hydrogen-bond acceptors (Lipinski definition) is 5. The van der Waals surface area contributed by atoms with E-state index < -0.39 is 15.8 Å². The molecule has 1 aliphatic rings. The van der Waals surface area contributed by atoms with Crippen LogP contribution in [0.15, 0.2) is 52.7 Å². The number of ether oxygens (including phenoxy) is 1. The van der Waals surface area contributed by atoms with Crippen molar-refractivity contribution in [2.75, 3.05) is 10.9 Å². The highest BCUT2D eigenvalue weighted by Gasteiger charge is 2.27. The van der Waals surface area contributed by atoms with Crippen LogP contribution in [0, 0.1) is 12.7 Å². The standard InChI is InChI=1S/C19H17FN2O3S2/c1-13-21-16(12-26-13)11-22(17-4-2-15(20)3-5-17)27(23,24)18-6-7-19-14(10-18)8-9-25-19/h2-7,10,12H,8-9,11H2,1H3. The van der Waals surface area contributed by atoms with Crippen molar-refractivity contribution in [3.05, 3.63) is 69.9 Å². The topological polar surface area (TPSA) is 59.5 Å². The Bertz CT molecular complexity index is 1080. The lowest BCUT2D eigenvalue weighted by atomic mass is 10.2. The smallest absolute Gasteiger partial charge is 0.264 e. The van der Waals surface area contributed by atoms with Gasteiger partial charge in [0.2, 0.25) is 0 Å². The van der Waals surface area contributed by atoms with Gasteiger partial charge < -0.3 is 4.74 Å². The molecule has 140 valence electrons. The number of nitrogens with zero attached hydrogens (tertiary/aromatic N) is 2. The highest BCUT2D eigenvalue weighted by atomic mass is 32.2. The molecule has 4 rings (SSSR count). The molecule has 1 aromatic heterocycles. The largest absolute Gasteiger partial charge is 0.493 e. The Hall–Kier alpha value is -2.45. The van der Waals surface area contributed by atoms with E-state index in [0.29, 0.717) is 24.4 Å². The molecule has 0 bridgehead atoms. The Kier molecular flexibility index (Phi) is 4.61. The highest BCUT2D eigenvalue weighted by molar-refractivity contribution is 7.92. The van der Waals surface area contributed by atoms with Crippen LogP contribution in [0.1, 0.15) is 16.3 Å². The molecule has 0 saturated heterocycles. The van der Waals surface area contributed by atoms with E-state index in [9.17, 15) is 12.8 Å². The zero-order valence-electron chi connectivity index (χ0n) is 14.6. The van der Waals surface area contributed by atoms with Crippen molar-refractivity contribution in [2.24, 2.45) is 0 Å². The zero-order chi connectivity index (χ0) is 19.0. The van der Waals surface area contributed by atoms with Crippen LogP contribution in [0.3, 0.4) is 0 Å². The first kappa shape index (κ1) is 17.9. The second kappa shape index (κ2) is 6.94. The predicted octanol–water partition coefficient (Wildman–Crippen LogP) is 3.92. The molecule has 0 amide bonds. The van der Waals surface area contributed by atoms with E-state index in [2.05, 4.69) is 4.98 Å². The van der Waals surface area contributed by atoms with Gasteiger partial charge in [-0.25, -0.2) is 17.8 Å². The lowest BCUT2D eigenvalue weighted by Crippen LogP contribution is -2.30.